The maximum atomic E-state index is 12.2. The Morgan fingerprint density at radius 2 is 2.12 bits per heavy atom. The zero-order valence-electron chi connectivity index (χ0n) is 10.2. The standard InChI is InChI=1S/C13H22N2O2/c16-10-13(6-1-2-7-13)15-12(17)11-4-3-8-14-9-5-11/h1-2,11,14,16H,3-10H2,(H,15,17). The molecule has 0 aromatic carbocycles. The van der Waals surface area contributed by atoms with Crippen LogP contribution in [0.25, 0.3) is 0 Å². The minimum absolute atomic E-state index is 0.0245. The van der Waals surface area contributed by atoms with Gasteiger partial charge in [0.25, 0.3) is 0 Å². The summed E-state index contributed by atoms with van der Waals surface area (Å²) < 4.78 is 0. The Balaban J connectivity index is 1.90. The van der Waals surface area contributed by atoms with Crippen molar-refractivity contribution in [3.8, 4) is 0 Å². The number of nitrogens with one attached hydrogen (secondary N) is 2. The molecule has 0 saturated carbocycles. The number of hydrogen-bond acceptors (Lipinski definition) is 3. The third-order valence-electron chi connectivity index (χ3n) is 3.82. The van der Waals surface area contributed by atoms with Gasteiger partial charge in [-0.1, -0.05) is 12.2 Å². The van der Waals surface area contributed by atoms with Crippen LogP contribution >= 0.6 is 0 Å². The summed E-state index contributed by atoms with van der Waals surface area (Å²) in [5.74, 6) is 0.223. The molecule has 1 atom stereocenters. The van der Waals surface area contributed by atoms with Crippen LogP contribution in [0.15, 0.2) is 12.2 Å². The van der Waals surface area contributed by atoms with Gasteiger partial charge in [0.15, 0.2) is 0 Å². The predicted molar refractivity (Wildman–Crippen MR) is 66.5 cm³/mol. The maximum Gasteiger partial charge on any atom is 0.223 e. The Hall–Kier alpha value is -0.870. The van der Waals surface area contributed by atoms with Crippen LogP contribution in [0.2, 0.25) is 0 Å². The Morgan fingerprint density at radius 1 is 1.35 bits per heavy atom. The van der Waals surface area contributed by atoms with Gasteiger partial charge in [0.05, 0.1) is 12.1 Å². The summed E-state index contributed by atoms with van der Waals surface area (Å²) in [5.41, 5.74) is -0.420. The number of hydrogen-bond donors (Lipinski definition) is 3. The van der Waals surface area contributed by atoms with E-state index in [-0.39, 0.29) is 18.4 Å². The van der Waals surface area contributed by atoms with Crippen LogP contribution in [0.4, 0.5) is 0 Å². The summed E-state index contributed by atoms with van der Waals surface area (Å²) in [5, 5.41) is 15.8. The van der Waals surface area contributed by atoms with E-state index in [0.717, 1.165) is 45.2 Å². The summed E-state index contributed by atoms with van der Waals surface area (Å²) in [4.78, 5) is 12.2. The third kappa shape index (κ3) is 3.07. The van der Waals surface area contributed by atoms with Crippen LogP contribution in [0.3, 0.4) is 0 Å². The van der Waals surface area contributed by atoms with Gasteiger partial charge in [-0.3, -0.25) is 4.79 Å². The van der Waals surface area contributed by atoms with Gasteiger partial charge in [-0.2, -0.15) is 0 Å². The average molecular weight is 238 g/mol. The van der Waals surface area contributed by atoms with Crippen molar-refractivity contribution in [1.82, 2.24) is 10.6 Å². The van der Waals surface area contributed by atoms with E-state index in [4.69, 9.17) is 0 Å². The van der Waals surface area contributed by atoms with Gasteiger partial charge < -0.3 is 15.7 Å². The highest BCUT2D eigenvalue weighted by Crippen LogP contribution is 2.24. The molecule has 0 aromatic rings. The van der Waals surface area contributed by atoms with Gasteiger partial charge in [-0.05, 0) is 45.2 Å². The van der Waals surface area contributed by atoms with Crippen molar-refractivity contribution in [1.29, 1.82) is 0 Å². The van der Waals surface area contributed by atoms with Gasteiger partial charge in [0.2, 0.25) is 5.91 Å². The first-order valence-corrected chi connectivity index (χ1v) is 6.54. The van der Waals surface area contributed by atoms with Crippen molar-refractivity contribution in [2.75, 3.05) is 19.7 Å². The van der Waals surface area contributed by atoms with E-state index in [1.807, 2.05) is 12.2 Å². The third-order valence-corrected chi connectivity index (χ3v) is 3.82. The lowest BCUT2D eigenvalue weighted by atomic mass is 9.94. The molecule has 4 heteroatoms. The largest absolute Gasteiger partial charge is 0.394 e. The van der Waals surface area contributed by atoms with Crippen LogP contribution < -0.4 is 10.6 Å². The minimum atomic E-state index is -0.420. The lowest BCUT2D eigenvalue weighted by Gasteiger charge is -2.30. The molecule has 1 unspecified atom stereocenters. The smallest absolute Gasteiger partial charge is 0.223 e. The molecule has 1 fully saturated rings. The number of carbonyl (C=O) groups is 1. The van der Waals surface area contributed by atoms with Crippen molar-refractivity contribution < 1.29 is 9.90 Å². The number of aliphatic hydroxyl groups excluding tert-OH is 1. The summed E-state index contributed by atoms with van der Waals surface area (Å²) >= 11 is 0. The van der Waals surface area contributed by atoms with E-state index in [9.17, 15) is 9.90 Å². The summed E-state index contributed by atoms with van der Waals surface area (Å²) in [6.45, 7) is 1.95. The maximum absolute atomic E-state index is 12.2. The zero-order valence-corrected chi connectivity index (χ0v) is 10.2. The SMILES string of the molecule is O=C(NC1(CO)CC=CC1)C1CCCNCC1. The predicted octanol–water partition coefficient (Wildman–Crippen LogP) is 0.573. The minimum Gasteiger partial charge on any atom is -0.394 e. The van der Waals surface area contributed by atoms with Crippen molar-refractivity contribution in [2.24, 2.45) is 5.92 Å². The topological polar surface area (TPSA) is 61.4 Å². The molecule has 4 nitrogen and oxygen atoms in total. The zero-order chi connectivity index (χ0) is 12.1. The molecular weight excluding hydrogens is 216 g/mol. The second kappa shape index (κ2) is 5.65. The molecule has 2 rings (SSSR count). The fourth-order valence-electron chi connectivity index (χ4n) is 2.62. The van der Waals surface area contributed by atoms with Crippen molar-refractivity contribution in [3.05, 3.63) is 12.2 Å². The molecule has 17 heavy (non-hydrogen) atoms. The number of aliphatic hydroxyl groups is 1. The number of carbonyl (C=O) groups excluding carboxylic acids is 1. The Labute approximate surface area is 102 Å². The first-order valence-electron chi connectivity index (χ1n) is 6.54. The quantitative estimate of drug-likeness (QED) is 0.630. The molecule has 1 saturated heterocycles. The Bertz CT molecular complexity index is 286. The van der Waals surface area contributed by atoms with Gasteiger partial charge in [0, 0.05) is 5.92 Å². The Morgan fingerprint density at radius 3 is 2.82 bits per heavy atom. The lowest BCUT2D eigenvalue weighted by molar-refractivity contribution is -0.127. The molecule has 1 amide bonds. The second-order valence-corrected chi connectivity index (χ2v) is 5.19. The first-order chi connectivity index (χ1) is 8.26. The van der Waals surface area contributed by atoms with E-state index in [2.05, 4.69) is 10.6 Å². The highest BCUT2D eigenvalue weighted by Gasteiger charge is 2.33. The summed E-state index contributed by atoms with van der Waals surface area (Å²) in [6, 6.07) is 0. The van der Waals surface area contributed by atoms with Crippen LogP contribution in [0.5, 0.6) is 0 Å². The van der Waals surface area contributed by atoms with Crippen LogP contribution in [0, 0.1) is 5.92 Å². The number of rotatable bonds is 3. The monoisotopic (exact) mass is 238 g/mol. The number of amides is 1. The summed E-state index contributed by atoms with van der Waals surface area (Å²) in [7, 11) is 0. The lowest BCUT2D eigenvalue weighted by Crippen LogP contribution is -2.51. The van der Waals surface area contributed by atoms with Gasteiger partial charge in [0.1, 0.15) is 0 Å². The molecular formula is C13H22N2O2. The molecule has 2 aliphatic rings. The highest BCUT2D eigenvalue weighted by molar-refractivity contribution is 5.79. The van der Waals surface area contributed by atoms with Crippen LogP contribution in [0.1, 0.15) is 32.1 Å². The molecule has 1 aliphatic heterocycles. The molecule has 3 N–H and O–H groups in total. The fourth-order valence-corrected chi connectivity index (χ4v) is 2.62. The molecule has 0 radical (unpaired) electrons. The van der Waals surface area contributed by atoms with E-state index >= 15 is 0 Å². The Kier molecular flexibility index (Phi) is 4.18. The van der Waals surface area contributed by atoms with Gasteiger partial charge in [-0.25, -0.2) is 0 Å². The van der Waals surface area contributed by atoms with E-state index < -0.39 is 5.54 Å². The molecule has 1 aliphatic carbocycles. The molecule has 1 heterocycles. The van der Waals surface area contributed by atoms with E-state index in [1.165, 1.54) is 0 Å². The van der Waals surface area contributed by atoms with Gasteiger partial charge >= 0.3 is 0 Å². The van der Waals surface area contributed by atoms with Crippen molar-refractivity contribution in [3.63, 3.8) is 0 Å². The van der Waals surface area contributed by atoms with E-state index in [0.29, 0.717) is 0 Å². The first kappa shape index (κ1) is 12.6. The highest BCUT2D eigenvalue weighted by atomic mass is 16.3. The normalized spacial score (nSPS) is 27.7. The van der Waals surface area contributed by atoms with Crippen LogP contribution in [-0.2, 0) is 4.79 Å². The summed E-state index contributed by atoms with van der Waals surface area (Å²) in [6.07, 6.45) is 8.48. The molecule has 0 aromatic heterocycles. The van der Waals surface area contributed by atoms with E-state index in [1.54, 1.807) is 0 Å². The van der Waals surface area contributed by atoms with Crippen molar-refractivity contribution >= 4 is 5.91 Å². The molecule has 0 bridgehead atoms. The molecule has 0 spiro atoms. The molecule has 96 valence electrons. The fraction of sp³-hybridized carbons (Fsp3) is 0.769. The van der Waals surface area contributed by atoms with Gasteiger partial charge in [-0.15, -0.1) is 0 Å². The average Bonchev–Trinajstić information content (AvgIpc) is 2.64. The van der Waals surface area contributed by atoms with Crippen molar-refractivity contribution in [2.45, 2.75) is 37.6 Å². The second-order valence-electron chi connectivity index (χ2n) is 5.19. The van der Waals surface area contributed by atoms with Crippen LogP contribution in [-0.4, -0.2) is 36.2 Å².